The summed E-state index contributed by atoms with van der Waals surface area (Å²) >= 11 is 1.30. The maximum atomic E-state index is 13.0. The van der Waals surface area contributed by atoms with E-state index in [9.17, 15) is 9.59 Å². The molecule has 3 aromatic carbocycles. The summed E-state index contributed by atoms with van der Waals surface area (Å²) in [6.07, 6.45) is 1.65. The molecule has 0 spiro atoms. The van der Waals surface area contributed by atoms with E-state index < -0.39 is 0 Å². The van der Waals surface area contributed by atoms with Gasteiger partial charge < -0.3 is 9.64 Å². The monoisotopic (exact) mass is 499 g/mol. The Bertz CT molecular complexity index is 1670. The van der Waals surface area contributed by atoms with Gasteiger partial charge in [0.25, 0.3) is 5.56 Å². The molecule has 36 heavy (non-hydrogen) atoms. The summed E-state index contributed by atoms with van der Waals surface area (Å²) in [5.74, 6) is 1.40. The molecule has 182 valence electrons. The molecule has 2 aromatic heterocycles. The highest BCUT2D eigenvalue weighted by molar-refractivity contribution is 7.99. The minimum Gasteiger partial charge on any atom is -0.497 e. The topological polar surface area (TPSA) is 81.7 Å². The molecule has 0 unspecified atom stereocenters. The first kappa shape index (κ1) is 23.6. The van der Waals surface area contributed by atoms with Gasteiger partial charge in [-0.05, 0) is 46.7 Å². The molecular weight excluding hydrogens is 474 g/mol. The molecule has 2 heterocycles. The van der Waals surface area contributed by atoms with E-state index in [-0.39, 0.29) is 17.2 Å². The highest BCUT2D eigenvalue weighted by Crippen LogP contribution is 2.24. The Morgan fingerprint density at radius 2 is 1.89 bits per heavy atom. The van der Waals surface area contributed by atoms with Crippen LogP contribution >= 0.6 is 11.8 Å². The van der Waals surface area contributed by atoms with E-state index in [2.05, 4.69) is 22.8 Å². The van der Waals surface area contributed by atoms with Crippen LogP contribution in [0, 0.1) is 0 Å². The molecule has 0 fully saturated rings. The summed E-state index contributed by atoms with van der Waals surface area (Å²) in [7, 11) is 3.44. The fraction of sp³-hybridized carbons (Fsp3) is 0.185. The molecule has 5 aromatic rings. The van der Waals surface area contributed by atoms with E-state index in [1.807, 2.05) is 52.9 Å². The molecule has 0 bridgehead atoms. The van der Waals surface area contributed by atoms with Crippen LogP contribution in [-0.4, -0.2) is 49.9 Å². The predicted octanol–water partition coefficient (Wildman–Crippen LogP) is 4.14. The van der Waals surface area contributed by atoms with Gasteiger partial charge in [-0.2, -0.15) is 0 Å². The number of benzene rings is 3. The molecule has 0 radical (unpaired) electrons. The number of hydrogen-bond acceptors (Lipinski definition) is 6. The van der Waals surface area contributed by atoms with Gasteiger partial charge in [0.2, 0.25) is 11.7 Å². The number of carbonyl (C=O) groups excluding carboxylic acids is 1. The lowest BCUT2D eigenvalue weighted by Gasteiger charge is -2.17. The van der Waals surface area contributed by atoms with Crippen molar-refractivity contribution in [1.82, 2.24) is 24.1 Å². The molecule has 0 N–H and O–H groups in total. The van der Waals surface area contributed by atoms with Gasteiger partial charge in [0.1, 0.15) is 5.75 Å². The van der Waals surface area contributed by atoms with Gasteiger partial charge >= 0.3 is 0 Å². The van der Waals surface area contributed by atoms with Gasteiger partial charge in [-0.3, -0.25) is 18.6 Å². The Hall–Kier alpha value is -4.11. The van der Waals surface area contributed by atoms with Crippen molar-refractivity contribution < 1.29 is 9.53 Å². The number of hydrogen-bond donors (Lipinski definition) is 0. The number of allylic oxidation sites excluding steroid dienone is 1. The Kier molecular flexibility index (Phi) is 6.47. The third-order valence-electron chi connectivity index (χ3n) is 6.07. The molecular formula is C27H25N5O3S. The molecule has 0 aliphatic heterocycles. The zero-order valence-electron chi connectivity index (χ0n) is 20.0. The average Bonchev–Trinajstić information content (AvgIpc) is 3.33. The Morgan fingerprint density at radius 1 is 1.11 bits per heavy atom. The van der Waals surface area contributed by atoms with E-state index in [0.29, 0.717) is 34.9 Å². The van der Waals surface area contributed by atoms with E-state index in [4.69, 9.17) is 4.74 Å². The highest BCUT2D eigenvalue weighted by Gasteiger charge is 2.18. The van der Waals surface area contributed by atoms with E-state index in [1.165, 1.54) is 16.3 Å². The van der Waals surface area contributed by atoms with Crippen LogP contribution in [0.3, 0.4) is 0 Å². The van der Waals surface area contributed by atoms with Crippen molar-refractivity contribution in [3.63, 3.8) is 0 Å². The van der Waals surface area contributed by atoms with Crippen molar-refractivity contribution >= 4 is 45.1 Å². The van der Waals surface area contributed by atoms with Crippen LogP contribution in [0.4, 0.5) is 0 Å². The number of carbonyl (C=O) groups is 1. The van der Waals surface area contributed by atoms with Crippen LogP contribution in [0.5, 0.6) is 5.75 Å². The number of aromatic nitrogens is 4. The molecule has 8 nitrogen and oxygen atoms in total. The lowest BCUT2D eigenvalue weighted by molar-refractivity contribution is -0.127. The summed E-state index contributed by atoms with van der Waals surface area (Å²) in [4.78, 5) is 27.6. The summed E-state index contributed by atoms with van der Waals surface area (Å²) < 4.78 is 8.66. The second kappa shape index (κ2) is 9.87. The fourth-order valence-electron chi connectivity index (χ4n) is 4.22. The Balaban J connectivity index is 1.36. The molecule has 1 amide bonds. The summed E-state index contributed by atoms with van der Waals surface area (Å²) in [5, 5.41) is 11.8. The Morgan fingerprint density at radius 3 is 2.69 bits per heavy atom. The maximum Gasteiger partial charge on any atom is 0.263 e. The van der Waals surface area contributed by atoms with Gasteiger partial charge in [-0.15, -0.1) is 16.8 Å². The Labute approximate surface area is 211 Å². The number of para-hydroxylation sites is 1. The number of rotatable bonds is 8. The molecule has 9 heteroatoms. The molecule has 0 saturated carbocycles. The molecule has 5 rings (SSSR count). The summed E-state index contributed by atoms with van der Waals surface area (Å²) in [6.45, 7) is 4.56. The zero-order chi connectivity index (χ0) is 25.2. The lowest BCUT2D eigenvalue weighted by Crippen LogP contribution is -2.28. The van der Waals surface area contributed by atoms with Crippen molar-refractivity contribution in [2.75, 3.05) is 19.9 Å². The molecule has 0 aliphatic carbocycles. The average molecular weight is 500 g/mol. The first-order valence-corrected chi connectivity index (χ1v) is 12.4. The highest BCUT2D eigenvalue weighted by atomic mass is 32.2. The van der Waals surface area contributed by atoms with Crippen molar-refractivity contribution in [3.8, 4) is 5.75 Å². The van der Waals surface area contributed by atoms with Gasteiger partial charge in [-0.1, -0.05) is 48.2 Å². The number of fused-ring (bicyclic) bond motifs is 4. The first-order valence-electron chi connectivity index (χ1n) is 11.4. The summed E-state index contributed by atoms with van der Waals surface area (Å²) in [6, 6.07) is 19.4. The van der Waals surface area contributed by atoms with Crippen LogP contribution in [0.1, 0.15) is 5.56 Å². The van der Waals surface area contributed by atoms with Crippen LogP contribution in [0.2, 0.25) is 0 Å². The van der Waals surface area contributed by atoms with Gasteiger partial charge in [-0.25, -0.2) is 0 Å². The number of ether oxygens (including phenoxy) is 1. The minimum absolute atomic E-state index is 0.0321. The van der Waals surface area contributed by atoms with Crippen molar-refractivity contribution in [3.05, 3.63) is 89.2 Å². The van der Waals surface area contributed by atoms with Crippen molar-refractivity contribution in [1.29, 1.82) is 0 Å². The number of nitrogens with zero attached hydrogens (tertiary/aromatic N) is 5. The van der Waals surface area contributed by atoms with Crippen LogP contribution < -0.4 is 10.3 Å². The largest absolute Gasteiger partial charge is 0.497 e. The predicted molar refractivity (Wildman–Crippen MR) is 143 cm³/mol. The summed E-state index contributed by atoms with van der Waals surface area (Å²) in [5.41, 5.74) is 1.60. The van der Waals surface area contributed by atoms with Crippen molar-refractivity contribution in [2.24, 2.45) is 0 Å². The first-order chi connectivity index (χ1) is 17.5. The molecule has 0 aliphatic rings. The second-order valence-corrected chi connectivity index (χ2v) is 9.37. The third kappa shape index (κ3) is 4.33. The number of amides is 1. The van der Waals surface area contributed by atoms with Crippen LogP contribution in [0.25, 0.3) is 27.5 Å². The zero-order valence-corrected chi connectivity index (χ0v) is 20.9. The quantitative estimate of drug-likeness (QED) is 0.236. The van der Waals surface area contributed by atoms with E-state index >= 15 is 0 Å². The van der Waals surface area contributed by atoms with Gasteiger partial charge in [0.15, 0.2) is 5.16 Å². The number of methoxy groups -OCH3 is 1. The van der Waals surface area contributed by atoms with Crippen molar-refractivity contribution in [2.45, 2.75) is 18.2 Å². The van der Waals surface area contributed by atoms with Crippen LogP contribution in [0.15, 0.2) is 83.3 Å². The SMILES string of the molecule is C=CCn1c(=O)c2ccccc2n2c(SCC(=O)N(C)Cc3ccc4cc(OC)ccc4c3)nnc12. The van der Waals surface area contributed by atoms with E-state index in [1.54, 1.807) is 31.2 Å². The minimum atomic E-state index is -0.147. The lowest BCUT2D eigenvalue weighted by atomic mass is 10.1. The number of thioether (sulfide) groups is 1. The second-order valence-electron chi connectivity index (χ2n) is 8.43. The smallest absolute Gasteiger partial charge is 0.263 e. The van der Waals surface area contributed by atoms with Gasteiger partial charge in [0.05, 0.1) is 23.8 Å². The normalized spacial score (nSPS) is 11.3. The van der Waals surface area contributed by atoms with Gasteiger partial charge in [0, 0.05) is 20.1 Å². The van der Waals surface area contributed by atoms with E-state index in [0.717, 1.165) is 22.1 Å². The molecule has 0 saturated heterocycles. The fourth-order valence-corrected chi connectivity index (χ4v) is 5.10. The van der Waals surface area contributed by atoms with Crippen LogP contribution in [-0.2, 0) is 17.9 Å². The standard InChI is InChI=1S/C27H25N5O3S/c1-4-13-31-25(34)22-7-5-6-8-23(22)32-26(31)28-29-27(32)36-17-24(33)30(2)16-18-9-10-20-15-21(35-3)12-11-19(20)14-18/h4-12,14-15H,1,13,16-17H2,2-3H3. The maximum absolute atomic E-state index is 13.0. The third-order valence-corrected chi connectivity index (χ3v) is 6.99. The molecule has 0 atom stereocenters.